The molecule has 1 aliphatic carbocycles. The van der Waals surface area contributed by atoms with E-state index in [-0.39, 0.29) is 0 Å². The topological polar surface area (TPSA) is 3.24 Å². The van der Waals surface area contributed by atoms with Crippen LogP contribution in [-0.4, -0.2) is 0 Å². The van der Waals surface area contributed by atoms with Gasteiger partial charge in [0.2, 0.25) is 0 Å². The number of allylic oxidation sites excluding steroid dienone is 5. The summed E-state index contributed by atoms with van der Waals surface area (Å²) in [4.78, 5) is 2.30. The second-order valence-electron chi connectivity index (χ2n) is 6.25. The highest BCUT2D eigenvalue weighted by Crippen LogP contribution is 2.33. The van der Waals surface area contributed by atoms with Gasteiger partial charge in [0.25, 0.3) is 0 Å². The predicted molar refractivity (Wildman–Crippen MR) is 111 cm³/mol. The number of rotatable bonds is 4. The van der Waals surface area contributed by atoms with E-state index >= 15 is 0 Å². The van der Waals surface area contributed by atoms with Crippen molar-refractivity contribution in [2.45, 2.75) is 6.42 Å². The van der Waals surface area contributed by atoms with E-state index in [1.807, 2.05) is 0 Å². The maximum Gasteiger partial charge on any atom is 0.0467 e. The molecule has 26 heavy (non-hydrogen) atoms. The molecule has 0 heterocycles. The molecule has 1 nitrogen and oxygen atoms in total. The molecule has 0 N–H and O–H groups in total. The lowest BCUT2D eigenvalue weighted by molar-refractivity contribution is 1.21. The van der Waals surface area contributed by atoms with Crippen molar-refractivity contribution in [2.75, 3.05) is 4.90 Å². The van der Waals surface area contributed by atoms with E-state index in [0.29, 0.717) is 0 Å². The van der Waals surface area contributed by atoms with E-state index in [1.54, 1.807) is 0 Å². The van der Waals surface area contributed by atoms with Crippen molar-refractivity contribution in [1.82, 2.24) is 0 Å². The Kier molecular flexibility index (Phi) is 4.79. The summed E-state index contributed by atoms with van der Waals surface area (Å²) in [5.41, 5.74) is 5.92. The summed E-state index contributed by atoms with van der Waals surface area (Å²) < 4.78 is 0. The highest BCUT2D eigenvalue weighted by molar-refractivity contribution is 5.75. The van der Waals surface area contributed by atoms with Crippen LogP contribution in [0.5, 0.6) is 0 Å². The Morgan fingerprint density at radius 3 is 2.12 bits per heavy atom. The molecule has 0 atom stereocenters. The SMILES string of the molecule is C1=CCC=CC(N(c2ccccc2)c2cccc(-c3ccccc3)c2)=C1. The molecule has 3 aromatic carbocycles. The van der Waals surface area contributed by atoms with Crippen molar-refractivity contribution in [1.29, 1.82) is 0 Å². The molecular formula is C25H21N. The van der Waals surface area contributed by atoms with Crippen molar-refractivity contribution < 1.29 is 0 Å². The van der Waals surface area contributed by atoms with E-state index in [9.17, 15) is 0 Å². The minimum absolute atomic E-state index is 0.965. The van der Waals surface area contributed by atoms with Crippen molar-refractivity contribution in [3.63, 3.8) is 0 Å². The number of hydrogen-bond donors (Lipinski definition) is 0. The molecule has 0 unspecified atom stereocenters. The molecule has 1 heteroatoms. The Hall–Kier alpha value is -3.32. The zero-order valence-electron chi connectivity index (χ0n) is 14.6. The van der Waals surface area contributed by atoms with E-state index in [0.717, 1.165) is 23.5 Å². The Morgan fingerprint density at radius 1 is 0.615 bits per heavy atom. The van der Waals surface area contributed by atoms with Gasteiger partial charge in [-0.15, -0.1) is 0 Å². The maximum absolute atomic E-state index is 2.30. The highest BCUT2D eigenvalue weighted by Gasteiger charge is 2.13. The Morgan fingerprint density at radius 2 is 1.31 bits per heavy atom. The molecule has 3 aromatic rings. The molecule has 0 saturated carbocycles. The zero-order chi connectivity index (χ0) is 17.6. The third-order valence-corrected chi connectivity index (χ3v) is 4.45. The summed E-state index contributed by atoms with van der Waals surface area (Å²) in [6.07, 6.45) is 11.8. The van der Waals surface area contributed by atoms with Gasteiger partial charge in [-0.3, -0.25) is 0 Å². The summed E-state index contributed by atoms with van der Waals surface area (Å²) in [5, 5.41) is 0. The molecule has 0 amide bonds. The zero-order valence-corrected chi connectivity index (χ0v) is 14.6. The second-order valence-corrected chi connectivity index (χ2v) is 6.25. The van der Waals surface area contributed by atoms with Crippen molar-refractivity contribution in [3.05, 3.63) is 121 Å². The first-order valence-corrected chi connectivity index (χ1v) is 8.96. The lowest BCUT2D eigenvalue weighted by Gasteiger charge is -2.26. The van der Waals surface area contributed by atoms with Gasteiger partial charge in [-0.05, 0) is 54.0 Å². The van der Waals surface area contributed by atoms with Crippen LogP contribution >= 0.6 is 0 Å². The van der Waals surface area contributed by atoms with Gasteiger partial charge in [-0.2, -0.15) is 0 Å². The third-order valence-electron chi connectivity index (χ3n) is 4.45. The van der Waals surface area contributed by atoms with E-state index < -0.39 is 0 Å². The lowest BCUT2D eigenvalue weighted by atomic mass is 10.0. The van der Waals surface area contributed by atoms with Crippen LogP contribution in [0.4, 0.5) is 11.4 Å². The van der Waals surface area contributed by atoms with E-state index in [4.69, 9.17) is 0 Å². The fraction of sp³-hybridized carbons (Fsp3) is 0.0400. The van der Waals surface area contributed by atoms with Crippen LogP contribution < -0.4 is 4.90 Å². The van der Waals surface area contributed by atoms with Crippen LogP contribution in [-0.2, 0) is 0 Å². The van der Waals surface area contributed by atoms with Gasteiger partial charge in [0.15, 0.2) is 0 Å². The van der Waals surface area contributed by atoms with Gasteiger partial charge < -0.3 is 4.90 Å². The molecule has 4 rings (SSSR count). The number of nitrogens with zero attached hydrogens (tertiary/aromatic N) is 1. The summed E-state index contributed by atoms with van der Waals surface area (Å²) in [6, 6.07) is 29.8. The van der Waals surface area contributed by atoms with Crippen LogP contribution in [0, 0.1) is 0 Å². The monoisotopic (exact) mass is 335 g/mol. The van der Waals surface area contributed by atoms with Gasteiger partial charge in [0.1, 0.15) is 0 Å². The molecule has 0 aliphatic heterocycles. The van der Waals surface area contributed by atoms with Crippen molar-refractivity contribution >= 4 is 11.4 Å². The molecule has 1 aliphatic rings. The van der Waals surface area contributed by atoms with Crippen LogP contribution in [0.15, 0.2) is 121 Å². The molecule has 126 valence electrons. The first kappa shape index (κ1) is 16.2. The second kappa shape index (κ2) is 7.71. The van der Waals surface area contributed by atoms with Gasteiger partial charge in [0, 0.05) is 17.1 Å². The fourth-order valence-electron chi connectivity index (χ4n) is 3.20. The summed E-state index contributed by atoms with van der Waals surface area (Å²) in [7, 11) is 0. The average Bonchev–Trinajstić information content (AvgIpc) is 2.99. The Balaban J connectivity index is 1.82. The minimum atomic E-state index is 0.965. The normalized spacial score (nSPS) is 13.2. The molecular weight excluding hydrogens is 314 g/mol. The number of hydrogen-bond acceptors (Lipinski definition) is 1. The van der Waals surface area contributed by atoms with Crippen LogP contribution in [0.25, 0.3) is 11.1 Å². The third kappa shape index (κ3) is 3.52. The minimum Gasteiger partial charge on any atom is -0.310 e. The smallest absolute Gasteiger partial charge is 0.0467 e. The molecule has 0 bridgehead atoms. The molecule has 0 spiro atoms. The Labute approximate surface area is 155 Å². The van der Waals surface area contributed by atoms with Gasteiger partial charge in [0.05, 0.1) is 0 Å². The number of para-hydroxylation sites is 1. The highest BCUT2D eigenvalue weighted by atomic mass is 15.1. The van der Waals surface area contributed by atoms with Gasteiger partial charge >= 0.3 is 0 Å². The lowest BCUT2D eigenvalue weighted by Crippen LogP contribution is -2.15. The van der Waals surface area contributed by atoms with Crippen LogP contribution in [0.3, 0.4) is 0 Å². The largest absolute Gasteiger partial charge is 0.310 e. The fourth-order valence-corrected chi connectivity index (χ4v) is 3.20. The first-order valence-electron chi connectivity index (χ1n) is 8.96. The van der Waals surface area contributed by atoms with Crippen molar-refractivity contribution in [3.8, 4) is 11.1 Å². The molecule has 0 fully saturated rings. The number of anilines is 2. The van der Waals surface area contributed by atoms with E-state index in [2.05, 4.69) is 120 Å². The van der Waals surface area contributed by atoms with Crippen LogP contribution in [0.2, 0.25) is 0 Å². The number of benzene rings is 3. The first-order chi connectivity index (χ1) is 12.9. The van der Waals surface area contributed by atoms with Crippen molar-refractivity contribution in [2.24, 2.45) is 0 Å². The summed E-state index contributed by atoms with van der Waals surface area (Å²) in [6.45, 7) is 0. The predicted octanol–water partition coefficient (Wildman–Crippen LogP) is 6.89. The quantitative estimate of drug-likeness (QED) is 0.501. The van der Waals surface area contributed by atoms with E-state index in [1.165, 1.54) is 11.1 Å². The Bertz CT molecular complexity index is 950. The maximum atomic E-state index is 2.30. The summed E-state index contributed by atoms with van der Waals surface area (Å²) >= 11 is 0. The standard InChI is InChI=1S/C25H21N/c1-2-8-16-23(15-7-1)26(24-17-9-4-10-18-24)25-19-11-14-22(20-25)21-12-5-3-6-13-21/h1,3-20H,2H2. The summed E-state index contributed by atoms with van der Waals surface area (Å²) in [5.74, 6) is 0. The molecule has 0 aromatic heterocycles. The average molecular weight is 335 g/mol. The van der Waals surface area contributed by atoms with Gasteiger partial charge in [-0.25, -0.2) is 0 Å². The van der Waals surface area contributed by atoms with Crippen LogP contribution in [0.1, 0.15) is 6.42 Å². The van der Waals surface area contributed by atoms with Gasteiger partial charge in [-0.1, -0.05) is 78.9 Å². The molecule has 0 radical (unpaired) electrons. The molecule has 0 saturated heterocycles.